The molecule has 29 heavy (non-hydrogen) atoms. The van der Waals surface area contributed by atoms with Gasteiger partial charge in [0.2, 0.25) is 0 Å². The van der Waals surface area contributed by atoms with Crippen LogP contribution in [-0.4, -0.2) is 21.9 Å². The first-order valence-corrected chi connectivity index (χ1v) is 10.4. The fourth-order valence-corrected chi connectivity index (χ4v) is 4.09. The number of halogens is 1. The summed E-state index contributed by atoms with van der Waals surface area (Å²) in [6, 6.07) is 5.84. The number of nitrogens with zero attached hydrogens (tertiary/aromatic N) is 1. The van der Waals surface area contributed by atoms with Gasteiger partial charge in [-0.2, -0.15) is 0 Å². The van der Waals surface area contributed by atoms with Crippen LogP contribution in [0.1, 0.15) is 60.4 Å². The highest BCUT2D eigenvalue weighted by Crippen LogP contribution is 2.31. The molecule has 0 fully saturated rings. The molecular formula is C23H28ClN3O2. The van der Waals surface area contributed by atoms with Crippen LogP contribution >= 0.6 is 11.6 Å². The molecule has 0 bridgehead atoms. The Hall–Kier alpha value is -2.53. The standard InChI is InChI=1S/C23H28ClN3O2/c1-6-7-16-8-15(5)26-23(29)22(16)25-11-20(28)18-9-17(24)10-19-21(18)14(4)12-27(19)13(2)3/h8-10,12-13,25H,6-7,11H2,1-5H3,(H,26,29). The molecule has 0 spiro atoms. The van der Waals surface area contributed by atoms with Crippen LogP contribution in [0.2, 0.25) is 5.02 Å². The number of aromatic amines is 1. The van der Waals surface area contributed by atoms with Crippen LogP contribution < -0.4 is 10.9 Å². The Labute approximate surface area is 176 Å². The summed E-state index contributed by atoms with van der Waals surface area (Å²) >= 11 is 6.34. The number of benzene rings is 1. The van der Waals surface area contributed by atoms with Gasteiger partial charge in [0.1, 0.15) is 5.69 Å². The summed E-state index contributed by atoms with van der Waals surface area (Å²) in [5.74, 6) is -0.0930. The molecule has 154 valence electrons. The average molecular weight is 414 g/mol. The van der Waals surface area contributed by atoms with Crippen molar-refractivity contribution in [3.63, 3.8) is 0 Å². The Kier molecular flexibility index (Phi) is 6.18. The molecule has 6 heteroatoms. The number of aryl methyl sites for hydroxylation is 3. The lowest BCUT2D eigenvalue weighted by molar-refractivity contribution is 0.101. The van der Waals surface area contributed by atoms with Gasteiger partial charge in [0, 0.05) is 33.9 Å². The molecule has 0 amide bonds. The van der Waals surface area contributed by atoms with E-state index in [9.17, 15) is 9.59 Å². The van der Waals surface area contributed by atoms with Crippen molar-refractivity contribution in [2.75, 3.05) is 11.9 Å². The molecule has 0 aliphatic carbocycles. The number of Topliss-reactive ketones (excluding diaryl/α,β-unsaturated/α-hetero) is 1. The van der Waals surface area contributed by atoms with E-state index < -0.39 is 0 Å². The average Bonchev–Trinajstić information content (AvgIpc) is 2.97. The zero-order chi connectivity index (χ0) is 21.3. The van der Waals surface area contributed by atoms with Crippen molar-refractivity contribution in [1.82, 2.24) is 9.55 Å². The van der Waals surface area contributed by atoms with Gasteiger partial charge in [-0.1, -0.05) is 24.9 Å². The Morgan fingerprint density at radius 1 is 1.24 bits per heavy atom. The van der Waals surface area contributed by atoms with Crippen molar-refractivity contribution >= 4 is 34.0 Å². The third-order valence-electron chi connectivity index (χ3n) is 5.14. The Balaban J connectivity index is 1.97. The quantitative estimate of drug-likeness (QED) is 0.507. The lowest BCUT2D eigenvalue weighted by atomic mass is 10.0. The van der Waals surface area contributed by atoms with Crippen LogP contribution in [0.15, 0.2) is 29.2 Å². The number of anilines is 1. The molecule has 1 aromatic carbocycles. The molecule has 2 aromatic heterocycles. The smallest absolute Gasteiger partial charge is 0.271 e. The SMILES string of the molecule is CCCc1cc(C)[nH]c(=O)c1NCC(=O)c1cc(Cl)cc2c1c(C)cn2C(C)C. The summed E-state index contributed by atoms with van der Waals surface area (Å²) in [5.41, 5.74) is 4.59. The van der Waals surface area contributed by atoms with Crippen molar-refractivity contribution in [1.29, 1.82) is 0 Å². The fourth-order valence-electron chi connectivity index (χ4n) is 3.88. The van der Waals surface area contributed by atoms with Crippen molar-refractivity contribution in [2.45, 2.75) is 53.5 Å². The molecule has 2 N–H and O–H groups in total. The predicted octanol–water partition coefficient (Wildman–Crippen LogP) is 5.43. The molecule has 0 saturated carbocycles. The minimum absolute atomic E-state index is 0.0323. The minimum atomic E-state index is -0.195. The molecule has 0 radical (unpaired) electrons. The number of H-pyrrole nitrogens is 1. The number of nitrogens with one attached hydrogen (secondary N) is 2. The molecule has 2 heterocycles. The van der Waals surface area contributed by atoms with E-state index in [1.807, 2.05) is 26.0 Å². The number of fused-ring (bicyclic) bond motifs is 1. The highest BCUT2D eigenvalue weighted by Gasteiger charge is 2.18. The zero-order valence-electron chi connectivity index (χ0n) is 17.6. The van der Waals surface area contributed by atoms with Crippen LogP contribution in [0.3, 0.4) is 0 Å². The zero-order valence-corrected chi connectivity index (χ0v) is 18.4. The number of hydrogen-bond donors (Lipinski definition) is 2. The molecular weight excluding hydrogens is 386 g/mol. The summed E-state index contributed by atoms with van der Waals surface area (Å²) in [5, 5.41) is 4.53. The van der Waals surface area contributed by atoms with Crippen molar-refractivity contribution in [2.24, 2.45) is 0 Å². The first-order chi connectivity index (χ1) is 13.7. The molecule has 3 rings (SSSR count). The molecule has 0 aliphatic rings. The van der Waals surface area contributed by atoms with E-state index in [0.29, 0.717) is 16.3 Å². The van der Waals surface area contributed by atoms with Crippen molar-refractivity contribution in [3.05, 3.63) is 62.2 Å². The van der Waals surface area contributed by atoms with Crippen LogP contribution in [0, 0.1) is 13.8 Å². The monoisotopic (exact) mass is 413 g/mol. The van der Waals surface area contributed by atoms with Crippen LogP contribution in [-0.2, 0) is 6.42 Å². The maximum Gasteiger partial charge on any atom is 0.271 e. The van der Waals surface area contributed by atoms with Crippen LogP contribution in [0.5, 0.6) is 0 Å². The van der Waals surface area contributed by atoms with Gasteiger partial charge in [0.15, 0.2) is 5.78 Å². The maximum atomic E-state index is 13.1. The highest BCUT2D eigenvalue weighted by molar-refractivity contribution is 6.32. The molecule has 5 nitrogen and oxygen atoms in total. The number of aromatic nitrogens is 2. The Morgan fingerprint density at radius 3 is 2.62 bits per heavy atom. The van der Waals surface area contributed by atoms with E-state index in [1.54, 1.807) is 6.07 Å². The van der Waals surface area contributed by atoms with Gasteiger partial charge in [-0.3, -0.25) is 9.59 Å². The molecule has 0 unspecified atom stereocenters. The number of carbonyl (C=O) groups is 1. The summed E-state index contributed by atoms with van der Waals surface area (Å²) in [6.45, 7) is 10.2. The van der Waals surface area contributed by atoms with Crippen molar-refractivity contribution < 1.29 is 4.79 Å². The number of rotatable bonds is 7. The first kappa shape index (κ1) is 21.2. The van der Waals surface area contributed by atoms with E-state index >= 15 is 0 Å². The Morgan fingerprint density at radius 2 is 1.97 bits per heavy atom. The molecule has 0 saturated heterocycles. The Bertz CT molecular complexity index is 1130. The summed E-state index contributed by atoms with van der Waals surface area (Å²) in [7, 11) is 0. The second-order valence-corrected chi connectivity index (χ2v) is 8.31. The molecule has 3 aromatic rings. The molecule has 0 aliphatic heterocycles. The third-order valence-corrected chi connectivity index (χ3v) is 5.36. The summed E-state index contributed by atoms with van der Waals surface area (Å²) in [6.07, 6.45) is 3.75. The van der Waals surface area contributed by atoms with E-state index in [1.165, 1.54) is 0 Å². The second-order valence-electron chi connectivity index (χ2n) is 7.87. The molecule has 0 atom stereocenters. The predicted molar refractivity (Wildman–Crippen MR) is 121 cm³/mol. The van der Waals surface area contributed by atoms with E-state index in [0.717, 1.165) is 40.6 Å². The number of pyridine rings is 1. The highest BCUT2D eigenvalue weighted by atomic mass is 35.5. The first-order valence-electron chi connectivity index (χ1n) is 10.0. The number of carbonyl (C=O) groups excluding carboxylic acids is 1. The minimum Gasteiger partial charge on any atom is -0.373 e. The van der Waals surface area contributed by atoms with Gasteiger partial charge in [0.25, 0.3) is 5.56 Å². The maximum absolute atomic E-state index is 13.1. The normalized spacial score (nSPS) is 11.4. The van der Waals surface area contributed by atoms with Crippen molar-refractivity contribution in [3.8, 4) is 0 Å². The van der Waals surface area contributed by atoms with E-state index in [-0.39, 0.29) is 23.9 Å². The van der Waals surface area contributed by atoms with Gasteiger partial charge in [0.05, 0.1) is 12.1 Å². The van der Waals surface area contributed by atoms with Gasteiger partial charge in [-0.15, -0.1) is 0 Å². The van der Waals surface area contributed by atoms with Gasteiger partial charge in [-0.05, 0) is 63.4 Å². The van der Waals surface area contributed by atoms with Crippen LogP contribution in [0.25, 0.3) is 10.9 Å². The third kappa shape index (κ3) is 4.25. The van der Waals surface area contributed by atoms with Crippen LogP contribution in [0.4, 0.5) is 5.69 Å². The summed E-state index contributed by atoms with van der Waals surface area (Å²) in [4.78, 5) is 28.4. The lowest BCUT2D eigenvalue weighted by Gasteiger charge is -2.13. The van der Waals surface area contributed by atoms with Gasteiger partial charge in [-0.25, -0.2) is 0 Å². The lowest BCUT2D eigenvalue weighted by Crippen LogP contribution is -2.22. The number of ketones is 1. The summed E-state index contributed by atoms with van der Waals surface area (Å²) < 4.78 is 2.13. The van der Waals surface area contributed by atoms with E-state index in [2.05, 4.69) is 41.8 Å². The largest absolute Gasteiger partial charge is 0.373 e. The topological polar surface area (TPSA) is 66.9 Å². The van der Waals surface area contributed by atoms with Gasteiger partial charge >= 0.3 is 0 Å². The number of hydrogen-bond acceptors (Lipinski definition) is 3. The fraction of sp³-hybridized carbons (Fsp3) is 0.391. The van der Waals surface area contributed by atoms with E-state index in [4.69, 9.17) is 11.6 Å². The second kappa shape index (κ2) is 8.46. The van der Waals surface area contributed by atoms with Gasteiger partial charge < -0.3 is 14.9 Å².